The molecule has 0 spiro atoms. The van der Waals surface area contributed by atoms with Crippen LogP contribution in [0.3, 0.4) is 0 Å². The number of nitrogens with one attached hydrogen (secondary N) is 1. The molecule has 0 bridgehead atoms. The smallest absolute Gasteiger partial charge is 0.246 e. The molecule has 1 amide bonds. The molecule has 17 heavy (non-hydrogen) atoms. The molecule has 0 aromatic rings. The minimum absolute atomic E-state index is 0.0828. The Morgan fingerprint density at radius 2 is 2.00 bits per heavy atom. The standard InChI is InChI=1S/C12H24N2O3/c1-16-7-8-17-9-11(15)14-10-12(13)5-3-2-4-6-12/h2-10,13H2,1H3,(H,14,15). The van der Waals surface area contributed by atoms with E-state index in [9.17, 15) is 4.79 Å². The molecule has 1 saturated carbocycles. The highest BCUT2D eigenvalue weighted by atomic mass is 16.5. The van der Waals surface area contributed by atoms with Crippen LogP contribution in [0.15, 0.2) is 0 Å². The van der Waals surface area contributed by atoms with Gasteiger partial charge in [-0.15, -0.1) is 0 Å². The van der Waals surface area contributed by atoms with Crippen LogP contribution in [0.5, 0.6) is 0 Å². The second-order valence-corrected chi connectivity index (χ2v) is 4.75. The summed E-state index contributed by atoms with van der Waals surface area (Å²) in [5, 5.41) is 2.84. The fraction of sp³-hybridized carbons (Fsp3) is 0.917. The van der Waals surface area contributed by atoms with Gasteiger partial charge in [-0.2, -0.15) is 0 Å². The first-order valence-corrected chi connectivity index (χ1v) is 6.28. The van der Waals surface area contributed by atoms with Crippen molar-refractivity contribution < 1.29 is 14.3 Å². The summed E-state index contributed by atoms with van der Waals surface area (Å²) >= 11 is 0. The molecule has 0 heterocycles. The quantitative estimate of drug-likeness (QED) is 0.637. The van der Waals surface area contributed by atoms with E-state index < -0.39 is 0 Å². The van der Waals surface area contributed by atoms with Gasteiger partial charge in [-0.05, 0) is 12.8 Å². The lowest BCUT2D eigenvalue weighted by molar-refractivity contribution is -0.126. The number of ether oxygens (including phenoxy) is 2. The number of carbonyl (C=O) groups excluding carboxylic acids is 1. The zero-order valence-corrected chi connectivity index (χ0v) is 10.7. The average Bonchev–Trinajstić information content (AvgIpc) is 2.33. The Morgan fingerprint density at radius 1 is 1.29 bits per heavy atom. The third-order valence-corrected chi connectivity index (χ3v) is 3.15. The Balaban J connectivity index is 2.10. The fourth-order valence-corrected chi connectivity index (χ4v) is 2.07. The molecule has 0 atom stereocenters. The van der Waals surface area contributed by atoms with Crippen LogP contribution in [0.2, 0.25) is 0 Å². The highest BCUT2D eigenvalue weighted by Crippen LogP contribution is 2.24. The van der Waals surface area contributed by atoms with E-state index in [1.54, 1.807) is 7.11 Å². The van der Waals surface area contributed by atoms with Gasteiger partial charge in [0.05, 0.1) is 13.2 Å². The molecule has 100 valence electrons. The van der Waals surface area contributed by atoms with Crippen LogP contribution < -0.4 is 11.1 Å². The summed E-state index contributed by atoms with van der Waals surface area (Å²) in [6, 6.07) is 0. The van der Waals surface area contributed by atoms with Gasteiger partial charge >= 0.3 is 0 Å². The molecule has 1 aliphatic carbocycles. The van der Waals surface area contributed by atoms with Crippen molar-refractivity contribution in [3.63, 3.8) is 0 Å². The van der Waals surface area contributed by atoms with Gasteiger partial charge in [-0.1, -0.05) is 19.3 Å². The molecule has 0 aromatic heterocycles. The van der Waals surface area contributed by atoms with Crippen LogP contribution in [0, 0.1) is 0 Å². The van der Waals surface area contributed by atoms with E-state index in [4.69, 9.17) is 15.2 Å². The van der Waals surface area contributed by atoms with E-state index in [1.165, 1.54) is 6.42 Å². The summed E-state index contributed by atoms with van der Waals surface area (Å²) in [6.45, 7) is 1.59. The van der Waals surface area contributed by atoms with Crippen molar-refractivity contribution in [2.75, 3.05) is 33.5 Å². The highest BCUT2D eigenvalue weighted by molar-refractivity contribution is 5.77. The summed E-state index contributed by atoms with van der Waals surface area (Å²) in [7, 11) is 1.60. The van der Waals surface area contributed by atoms with Crippen molar-refractivity contribution in [2.45, 2.75) is 37.6 Å². The average molecular weight is 244 g/mol. The second kappa shape index (κ2) is 7.63. The van der Waals surface area contributed by atoms with Gasteiger partial charge in [0.15, 0.2) is 0 Å². The number of hydrogen-bond donors (Lipinski definition) is 2. The SMILES string of the molecule is COCCOCC(=O)NCC1(N)CCCCC1. The second-order valence-electron chi connectivity index (χ2n) is 4.75. The molecular formula is C12H24N2O3. The normalized spacial score (nSPS) is 18.9. The number of methoxy groups -OCH3 is 1. The molecule has 0 aliphatic heterocycles. The first-order valence-electron chi connectivity index (χ1n) is 6.28. The van der Waals surface area contributed by atoms with Crippen molar-refractivity contribution in [3.05, 3.63) is 0 Å². The summed E-state index contributed by atoms with van der Waals surface area (Å²) in [5.41, 5.74) is 6.00. The van der Waals surface area contributed by atoms with E-state index in [0.717, 1.165) is 25.7 Å². The van der Waals surface area contributed by atoms with Gasteiger partial charge < -0.3 is 20.5 Å². The Labute approximate surface area is 103 Å². The lowest BCUT2D eigenvalue weighted by Crippen LogP contribution is -2.51. The number of rotatable bonds is 7. The van der Waals surface area contributed by atoms with Crippen molar-refractivity contribution in [1.29, 1.82) is 0 Å². The topological polar surface area (TPSA) is 73.6 Å². The Hall–Kier alpha value is -0.650. The highest BCUT2D eigenvalue weighted by Gasteiger charge is 2.27. The molecule has 1 fully saturated rings. The Bertz CT molecular complexity index is 228. The predicted molar refractivity (Wildman–Crippen MR) is 65.7 cm³/mol. The van der Waals surface area contributed by atoms with Crippen molar-refractivity contribution in [3.8, 4) is 0 Å². The molecule has 3 N–H and O–H groups in total. The van der Waals surface area contributed by atoms with Gasteiger partial charge in [0.1, 0.15) is 6.61 Å². The van der Waals surface area contributed by atoms with Gasteiger partial charge in [0.25, 0.3) is 0 Å². The zero-order valence-electron chi connectivity index (χ0n) is 10.7. The maximum absolute atomic E-state index is 11.5. The lowest BCUT2D eigenvalue weighted by atomic mass is 9.82. The van der Waals surface area contributed by atoms with Crippen LogP contribution in [0.1, 0.15) is 32.1 Å². The number of hydrogen-bond acceptors (Lipinski definition) is 4. The molecule has 1 aliphatic rings. The van der Waals surface area contributed by atoms with Crippen LogP contribution in [-0.4, -0.2) is 44.9 Å². The lowest BCUT2D eigenvalue weighted by Gasteiger charge is -2.33. The number of amides is 1. The summed E-state index contributed by atoms with van der Waals surface area (Å²) in [6.07, 6.45) is 5.58. The van der Waals surface area contributed by atoms with Crippen molar-refractivity contribution >= 4 is 5.91 Å². The van der Waals surface area contributed by atoms with Gasteiger partial charge in [0, 0.05) is 19.2 Å². The first-order chi connectivity index (χ1) is 8.16. The maximum Gasteiger partial charge on any atom is 0.246 e. The van der Waals surface area contributed by atoms with Crippen molar-refractivity contribution in [1.82, 2.24) is 5.32 Å². The van der Waals surface area contributed by atoms with Crippen LogP contribution in [-0.2, 0) is 14.3 Å². The largest absolute Gasteiger partial charge is 0.382 e. The van der Waals surface area contributed by atoms with Gasteiger partial charge in [0.2, 0.25) is 5.91 Å². The summed E-state index contributed by atoms with van der Waals surface area (Å²) < 4.78 is 9.95. The fourth-order valence-electron chi connectivity index (χ4n) is 2.07. The molecule has 5 heteroatoms. The van der Waals surface area contributed by atoms with E-state index in [0.29, 0.717) is 19.8 Å². The zero-order chi connectivity index (χ0) is 12.6. The molecule has 5 nitrogen and oxygen atoms in total. The van der Waals surface area contributed by atoms with Gasteiger partial charge in [-0.25, -0.2) is 0 Å². The van der Waals surface area contributed by atoms with E-state index in [-0.39, 0.29) is 18.1 Å². The minimum Gasteiger partial charge on any atom is -0.382 e. The predicted octanol–water partition coefficient (Wildman–Crippen LogP) is 0.427. The third-order valence-electron chi connectivity index (χ3n) is 3.15. The minimum atomic E-state index is -0.208. The number of carbonyl (C=O) groups is 1. The van der Waals surface area contributed by atoms with Crippen LogP contribution in [0.4, 0.5) is 0 Å². The van der Waals surface area contributed by atoms with E-state index in [2.05, 4.69) is 5.32 Å². The first kappa shape index (κ1) is 14.4. The van der Waals surface area contributed by atoms with Crippen molar-refractivity contribution in [2.24, 2.45) is 5.73 Å². The molecule has 0 saturated heterocycles. The van der Waals surface area contributed by atoms with Crippen LogP contribution >= 0.6 is 0 Å². The monoisotopic (exact) mass is 244 g/mol. The molecule has 0 unspecified atom stereocenters. The molecule has 0 aromatic carbocycles. The summed E-state index contributed by atoms with van der Waals surface area (Å²) in [4.78, 5) is 11.5. The van der Waals surface area contributed by atoms with E-state index in [1.807, 2.05) is 0 Å². The molecule has 1 rings (SSSR count). The molecular weight excluding hydrogens is 220 g/mol. The number of nitrogens with two attached hydrogens (primary N) is 1. The Kier molecular flexibility index (Phi) is 6.47. The van der Waals surface area contributed by atoms with Crippen LogP contribution in [0.25, 0.3) is 0 Å². The maximum atomic E-state index is 11.5. The Morgan fingerprint density at radius 3 is 2.65 bits per heavy atom. The molecule has 0 radical (unpaired) electrons. The summed E-state index contributed by atoms with van der Waals surface area (Å²) in [5.74, 6) is -0.100. The third kappa shape index (κ3) is 6.00. The van der Waals surface area contributed by atoms with Gasteiger partial charge in [-0.3, -0.25) is 4.79 Å². The van der Waals surface area contributed by atoms with E-state index >= 15 is 0 Å².